The number of halogens is 1. The predicted octanol–water partition coefficient (Wildman–Crippen LogP) is 5.42. The van der Waals surface area contributed by atoms with Gasteiger partial charge in [-0.05, 0) is 53.6 Å². The van der Waals surface area contributed by atoms with Crippen LogP contribution in [0.1, 0.15) is 11.1 Å². The number of phenols is 1. The summed E-state index contributed by atoms with van der Waals surface area (Å²) in [7, 11) is 1.46. The summed E-state index contributed by atoms with van der Waals surface area (Å²) in [6.07, 6.45) is 4.58. The Morgan fingerprint density at radius 1 is 1.03 bits per heavy atom. The first kappa shape index (κ1) is 20.2. The SMILES string of the molecule is COc1cc(/C=N/c2ccc(O)cc2)cc(Cl)c1OC(=O)C=Cc1ccccc1. The lowest BCUT2D eigenvalue weighted by molar-refractivity contribution is -0.129. The molecule has 0 amide bonds. The number of methoxy groups -OCH3 is 1. The van der Waals surface area contributed by atoms with E-state index in [1.165, 1.54) is 13.2 Å². The zero-order valence-corrected chi connectivity index (χ0v) is 16.3. The van der Waals surface area contributed by atoms with Gasteiger partial charge in [0.05, 0.1) is 17.8 Å². The molecule has 0 aliphatic carbocycles. The Hall–Kier alpha value is -3.57. The molecule has 29 heavy (non-hydrogen) atoms. The van der Waals surface area contributed by atoms with E-state index >= 15 is 0 Å². The van der Waals surface area contributed by atoms with Crippen molar-refractivity contribution in [1.82, 2.24) is 0 Å². The molecule has 6 heteroatoms. The molecule has 1 N–H and O–H groups in total. The molecule has 3 aromatic rings. The molecule has 3 aromatic carbocycles. The number of carbonyl (C=O) groups excluding carboxylic acids is 1. The van der Waals surface area contributed by atoms with Gasteiger partial charge in [-0.1, -0.05) is 41.9 Å². The molecule has 0 fully saturated rings. The van der Waals surface area contributed by atoms with Crippen molar-refractivity contribution >= 4 is 35.5 Å². The molecule has 0 saturated heterocycles. The van der Waals surface area contributed by atoms with Gasteiger partial charge >= 0.3 is 5.97 Å². The highest BCUT2D eigenvalue weighted by atomic mass is 35.5. The average molecular weight is 408 g/mol. The summed E-state index contributed by atoms with van der Waals surface area (Å²) >= 11 is 6.30. The number of benzene rings is 3. The van der Waals surface area contributed by atoms with Crippen LogP contribution < -0.4 is 9.47 Å². The summed E-state index contributed by atoms with van der Waals surface area (Å²) in [5.74, 6) is 0.0467. The molecule has 0 aliphatic rings. The molecule has 5 nitrogen and oxygen atoms in total. The summed E-state index contributed by atoms with van der Waals surface area (Å²) in [6.45, 7) is 0. The average Bonchev–Trinajstić information content (AvgIpc) is 2.74. The Bertz CT molecular complexity index is 1040. The Morgan fingerprint density at radius 3 is 2.45 bits per heavy atom. The van der Waals surface area contributed by atoms with Gasteiger partial charge in [-0.25, -0.2) is 4.79 Å². The molecule has 146 valence electrons. The van der Waals surface area contributed by atoms with E-state index in [0.29, 0.717) is 17.0 Å². The number of ether oxygens (including phenoxy) is 2. The highest BCUT2D eigenvalue weighted by Gasteiger charge is 2.14. The summed E-state index contributed by atoms with van der Waals surface area (Å²) in [5.41, 5.74) is 2.21. The standard InChI is InChI=1S/C23H18ClNO4/c1-28-21-14-17(15-25-18-8-10-19(26)11-9-18)13-20(24)23(21)29-22(27)12-7-16-5-3-2-4-6-16/h2-15,26H,1H3/b12-7?,25-15+. The van der Waals surface area contributed by atoms with Crippen molar-refractivity contribution in [2.75, 3.05) is 7.11 Å². The number of carbonyl (C=O) groups is 1. The van der Waals surface area contributed by atoms with Crippen LogP contribution in [0.3, 0.4) is 0 Å². The summed E-state index contributed by atoms with van der Waals surface area (Å²) in [5, 5.41) is 9.54. The van der Waals surface area contributed by atoms with E-state index in [9.17, 15) is 9.90 Å². The molecule has 0 spiro atoms. The molecule has 0 saturated carbocycles. The van der Waals surface area contributed by atoms with E-state index in [1.807, 2.05) is 30.3 Å². The van der Waals surface area contributed by atoms with Crippen LogP contribution in [0.5, 0.6) is 17.2 Å². The Morgan fingerprint density at radius 2 is 1.76 bits per heavy atom. The largest absolute Gasteiger partial charge is 0.508 e. The minimum Gasteiger partial charge on any atom is -0.508 e. The molecule has 0 bridgehead atoms. The molecular formula is C23H18ClNO4. The van der Waals surface area contributed by atoms with Gasteiger partial charge < -0.3 is 14.6 Å². The number of aromatic hydroxyl groups is 1. The number of hydrogen-bond acceptors (Lipinski definition) is 5. The van der Waals surface area contributed by atoms with Crippen molar-refractivity contribution in [3.8, 4) is 17.2 Å². The second-order valence-corrected chi connectivity index (χ2v) is 6.38. The maximum absolute atomic E-state index is 12.2. The van der Waals surface area contributed by atoms with Crippen molar-refractivity contribution < 1.29 is 19.4 Å². The first-order valence-electron chi connectivity index (χ1n) is 8.71. The summed E-state index contributed by atoms with van der Waals surface area (Å²) in [4.78, 5) is 16.5. The van der Waals surface area contributed by atoms with Crippen LogP contribution in [-0.2, 0) is 4.79 Å². The first-order chi connectivity index (χ1) is 14.0. The van der Waals surface area contributed by atoms with Gasteiger partial charge in [-0.2, -0.15) is 0 Å². The second kappa shape index (κ2) is 9.57. The minimum absolute atomic E-state index is 0.138. The van der Waals surface area contributed by atoms with Crippen LogP contribution in [0.2, 0.25) is 5.02 Å². The molecular weight excluding hydrogens is 390 g/mol. The monoisotopic (exact) mass is 407 g/mol. The van der Waals surface area contributed by atoms with Crippen LogP contribution in [0.25, 0.3) is 6.08 Å². The van der Waals surface area contributed by atoms with Crippen LogP contribution in [0.15, 0.2) is 77.8 Å². The molecule has 0 aromatic heterocycles. The van der Waals surface area contributed by atoms with Crippen LogP contribution in [-0.4, -0.2) is 24.4 Å². The van der Waals surface area contributed by atoms with Gasteiger partial charge in [0.2, 0.25) is 0 Å². The van der Waals surface area contributed by atoms with Crippen LogP contribution >= 0.6 is 11.6 Å². The van der Waals surface area contributed by atoms with E-state index < -0.39 is 5.97 Å². The van der Waals surface area contributed by atoms with Gasteiger partial charge in [0.25, 0.3) is 0 Å². The highest BCUT2D eigenvalue weighted by Crippen LogP contribution is 2.36. The molecule has 0 aliphatic heterocycles. The van der Waals surface area contributed by atoms with Gasteiger partial charge in [-0.15, -0.1) is 0 Å². The van der Waals surface area contributed by atoms with E-state index in [1.54, 1.807) is 48.7 Å². The third kappa shape index (κ3) is 5.70. The first-order valence-corrected chi connectivity index (χ1v) is 9.08. The number of esters is 1. The number of phenolic OH excluding ortho intramolecular Hbond substituents is 1. The molecule has 0 radical (unpaired) electrons. The maximum Gasteiger partial charge on any atom is 0.336 e. The lowest BCUT2D eigenvalue weighted by Crippen LogP contribution is -2.06. The van der Waals surface area contributed by atoms with Gasteiger partial charge in [0.1, 0.15) is 5.75 Å². The molecule has 0 unspecified atom stereocenters. The zero-order valence-electron chi connectivity index (χ0n) is 15.6. The fourth-order valence-corrected chi connectivity index (χ4v) is 2.72. The number of nitrogens with zero attached hydrogens (tertiary/aromatic N) is 1. The maximum atomic E-state index is 12.2. The quantitative estimate of drug-likeness (QED) is 0.256. The number of rotatable bonds is 6. The third-order valence-corrected chi connectivity index (χ3v) is 4.16. The smallest absolute Gasteiger partial charge is 0.336 e. The van der Waals surface area contributed by atoms with Crippen molar-refractivity contribution in [1.29, 1.82) is 0 Å². The van der Waals surface area contributed by atoms with E-state index in [2.05, 4.69) is 4.99 Å². The highest BCUT2D eigenvalue weighted by molar-refractivity contribution is 6.32. The lowest BCUT2D eigenvalue weighted by atomic mass is 10.2. The van der Waals surface area contributed by atoms with Crippen molar-refractivity contribution in [3.63, 3.8) is 0 Å². The van der Waals surface area contributed by atoms with Crippen LogP contribution in [0.4, 0.5) is 5.69 Å². The Labute approximate surface area is 173 Å². The topological polar surface area (TPSA) is 68.1 Å². The lowest BCUT2D eigenvalue weighted by Gasteiger charge is -2.11. The van der Waals surface area contributed by atoms with E-state index in [0.717, 1.165) is 5.56 Å². The van der Waals surface area contributed by atoms with Crippen molar-refractivity contribution in [2.45, 2.75) is 0 Å². The fraction of sp³-hybridized carbons (Fsp3) is 0.0435. The fourth-order valence-electron chi connectivity index (χ4n) is 2.46. The number of aliphatic imine (C=N–C) groups is 1. The van der Waals surface area contributed by atoms with E-state index in [4.69, 9.17) is 21.1 Å². The summed E-state index contributed by atoms with van der Waals surface area (Å²) < 4.78 is 10.7. The van der Waals surface area contributed by atoms with Gasteiger partial charge in [0.15, 0.2) is 11.5 Å². The van der Waals surface area contributed by atoms with Crippen molar-refractivity contribution in [3.05, 3.63) is 89.0 Å². The second-order valence-electron chi connectivity index (χ2n) is 5.97. The zero-order chi connectivity index (χ0) is 20.6. The van der Waals surface area contributed by atoms with E-state index in [-0.39, 0.29) is 16.5 Å². The Balaban J connectivity index is 1.76. The predicted molar refractivity (Wildman–Crippen MR) is 114 cm³/mol. The third-order valence-electron chi connectivity index (χ3n) is 3.88. The minimum atomic E-state index is -0.570. The number of hydrogen-bond donors (Lipinski definition) is 1. The van der Waals surface area contributed by atoms with Gasteiger partial charge in [0, 0.05) is 12.3 Å². The molecule has 0 atom stereocenters. The molecule has 0 heterocycles. The summed E-state index contributed by atoms with van der Waals surface area (Å²) in [6, 6.07) is 19.1. The Kier molecular flexibility index (Phi) is 6.66. The normalized spacial score (nSPS) is 11.1. The van der Waals surface area contributed by atoms with Crippen molar-refractivity contribution in [2.24, 2.45) is 4.99 Å². The van der Waals surface area contributed by atoms with Gasteiger partial charge in [-0.3, -0.25) is 4.99 Å². The molecule has 3 rings (SSSR count). The van der Waals surface area contributed by atoms with Crippen LogP contribution in [0, 0.1) is 0 Å².